The topological polar surface area (TPSA) is 41.6 Å². The van der Waals surface area contributed by atoms with Crippen LogP contribution in [-0.2, 0) is 4.74 Å². The molecule has 1 N–H and O–H groups in total. The fourth-order valence-electron chi connectivity index (χ4n) is 2.23. The zero-order valence-corrected chi connectivity index (χ0v) is 8.71. The van der Waals surface area contributed by atoms with E-state index in [1.165, 1.54) is 0 Å². The highest BCUT2D eigenvalue weighted by Gasteiger charge is 2.37. The maximum absolute atomic E-state index is 11.7. The first-order valence-electron chi connectivity index (χ1n) is 5.36. The van der Waals surface area contributed by atoms with E-state index in [0.29, 0.717) is 0 Å². The number of ether oxygens (including phenoxy) is 1. The minimum absolute atomic E-state index is 0.0166. The van der Waals surface area contributed by atoms with Gasteiger partial charge in [0.05, 0.1) is 0 Å². The summed E-state index contributed by atoms with van der Waals surface area (Å²) in [5.74, 6) is 0. The number of hydrogen-bond acceptors (Lipinski definition) is 2. The predicted molar refractivity (Wildman–Crippen MR) is 53.2 cm³/mol. The first-order valence-corrected chi connectivity index (χ1v) is 5.36. The molecule has 0 spiro atoms. The molecular weight excluding hydrogens is 180 g/mol. The second-order valence-electron chi connectivity index (χ2n) is 4.35. The first kappa shape index (κ1) is 9.77. The van der Waals surface area contributed by atoms with E-state index >= 15 is 0 Å². The summed E-state index contributed by atoms with van der Waals surface area (Å²) in [6, 6.07) is 0.0978. The molecule has 2 saturated heterocycles. The molecule has 0 radical (unpaired) electrons. The molecule has 2 aliphatic rings. The Balaban J connectivity index is 2.06. The average molecular weight is 198 g/mol. The van der Waals surface area contributed by atoms with Crippen molar-refractivity contribution in [3.8, 4) is 0 Å². The van der Waals surface area contributed by atoms with Crippen LogP contribution in [0.15, 0.2) is 0 Å². The summed E-state index contributed by atoms with van der Waals surface area (Å²) in [5, 5.41) is 2.90. The van der Waals surface area contributed by atoms with Crippen LogP contribution in [0.4, 0.5) is 4.79 Å². The third kappa shape index (κ3) is 1.71. The molecule has 0 aromatic rings. The molecule has 0 atom stereocenters. The summed E-state index contributed by atoms with van der Waals surface area (Å²) in [5.41, 5.74) is 0.0166. The number of rotatable bonds is 1. The monoisotopic (exact) mass is 198 g/mol. The molecular formula is C10H18N2O2. The van der Waals surface area contributed by atoms with Gasteiger partial charge in [0.25, 0.3) is 0 Å². The van der Waals surface area contributed by atoms with Gasteiger partial charge in [-0.25, -0.2) is 4.79 Å². The molecule has 2 heterocycles. The molecule has 0 aliphatic carbocycles. The molecule has 4 heteroatoms. The molecule has 4 nitrogen and oxygen atoms in total. The summed E-state index contributed by atoms with van der Waals surface area (Å²) in [4.78, 5) is 13.7. The average Bonchev–Trinajstić information content (AvgIpc) is 2.19. The second kappa shape index (κ2) is 3.77. The van der Waals surface area contributed by atoms with E-state index in [-0.39, 0.29) is 11.6 Å². The second-order valence-corrected chi connectivity index (χ2v) is 4.35. The van der Waals surface area contributed by atoms with Gasteiger partial charge in [0, 0.05) is 31.8 Å². The van der Waals surface area contributed by atoms with Crippen LogP contribution in [0.2, 0.25) is 0 Å². The molecule has 0 aromatic heterocycles. The summed E-state index contributed by atoms with van der Waals surface area (Å²) in [6.45, 7) is 5.44. The van der Waals surface area contributed by atoms with E-state index in [1.54, 1.807) is 0 Å². The number of urea groups is 1. The van der Waals surface area contributed by atoms with Gasteiger partial charge in [-0.15, -0.1) is 0 Å². The number of nitrogens with zero attached hydrogens (tertiary/aromatic N) is 1. The molecule has 0 unspecified atom stereocenters. The molecule has 0 bridgehead atoms. The van der Waals surface area contributed by atoms with Crippen LogP contribution < -0.4 is 5.32 Å². The smallest absolute Gasteiger partial charge is 0.317 e. The molecule has 2 rings (SSSR count). The van der Waals surface area contributed by atoms with Gasteiger partial charge < -0.3 is 15.0 Å². The number of carbonyl (C=O) groups is 1. The van der Waals surface area contributed by atoms with Crippen molar-refractivity contribution in [2.24, 2.45) is 0 Å². The fourth-order valence-corrected chi connectivity index (χ4v) is 2.23. The summed E-state index contributed by atoms with van der Waals surface area (Å²) < 4.78 is 5.33. The van der Waals surface area contributed by atoms with Crippen molar-refractivity contribution in [1.82, 2.24) is 10.2 Å². The third-order valence-electron chi connectivity index (χ3n) is 3.30. The third-order valence-corrected chi connectivity index (χ3v) is 3.30. The predicted octanol–water partition coefficient (Wildman–Crippen LogP) is 0.971. The molecule has 0 aromatic carbocycles. The summed E-state index contributed by atoms with van der Waals surface area (Å²) in [7, 11) is 0. The number of amides is 2. The standard InChI is InChI=1S/C10H18N2O2/c1-10(3-7-14-8-4-10)12-6-2-5-11-9(12)13/h2-8H2,1H3,(H,11,13). The largest absolute Gasteiger partial charge is 0.381 e. The minimum Gasteiger partial charge on any atom is -0.381 e. The molecule has 0 saturated carbocycles. The van der Waals surface area contributed by atoms with Gasteiger partial charge in [0.1, 0.15) is 0 Å². The van der Waals surface area contributed by atoms with Crippen molar-refractivity contribution in [1.29, 1.82) is 0 Å². The van der Waals surface area contributed by atoms with E-state index in [1.807, 2.05) is 4.90 Å². The Hall–Kier alpha value is -0.770. The number of carbonyl (C=O) groups excluding carboxylic acids is 1. The van der Waals surface area contributed by atoms with E-state index in [0.717, 1.165) is 45.6 Å². The first-order chi connectivity index (χ1) is 6.72. The van der Waals surface area contributed by atoms with Gasteiger partial charge in [-0.3, -0.25) is 0 Å². The number of hydrogen-bond donors (Lipinski definition) is 1. The van der Waals surface area contributed by atoms with Gasteiger partial charge in [-0.05, 0) is 26.2 Å². The summed E-state index contributed by atoms with van der Waals surface area (Å²) >= 11 is 0. The van der Waals surface area contributed by atoms with Gasteiger partial charge in [0.15, 0.2) is 0 Å². The van der Waals surface area contributed by atoms with Crippen LogP contribution in [0.25, 0.3) is 0 Å². The lowest BCUT2D eigenvalue weighted by molar-refractivity contribution is -0.00474. The van der Waals surface area contributed by atoms with E-state index in [2.05, 4.69) is 12.2 Å². The van der Waals surface area contributed by atoms with Crippen LogP contribution in [0.3, 0.4) is 0 Å². The Morgan fingerprint density at radius 2 is 2.14 bits per heavy atom. The molecule has 2 fully saturated rings. The number of nitrogens with one attached hydrogen (secondary N) is 1. The SMILES string of the molecule is CC1(N2CCCNC2=O)CCOCC1. The maximum Gasteiger partial charge on any atom is 0.317 e. The quantitative estimate of drug-likeness (QED) is 0.682. The molecule has 80 valence electrons. The summed E-state index contributed by atoms with van der Waals surface area (Å²) in [6.07, 6.45) is 2.98. The van der Waals surface area contributed by atoms with E-state index in [4.69, 9.17) is 4.74 Å². The Morgan fingerprint density at radius 1 is 1.43 bits per heavy atom. The van der Waals surface area contributed by atoms with Gasteiger partial charge >= 0.3 is 6.03 Å². The lowest BCUT2D eigenvalue weighted by Gasteiger charge is -2.45. The van der Waals surface area contributed by atoms with Crippen molar-refractivity contribution in [3.05, 3.63) is 0 Å². The zero-order chi connectivity index (χ0) is 10.0. The highest BCUT2D eigenvalue weighted by Crippen LogP contribution is 2.28. The zero-order valence-electron chi connectivity index (χ0n) is 8.71. The van der Waals surface area contributed by atoms with Crippen molar-refractivity contribution < 1.29 is 9.53 Å². The highest BCUT2D eigenvalue weighted by molar-refractivity contribution is 5.75. The fraction of sp³-hybridized carbons (Fsp3) is 0.900. The normalized spacial score (nSPS) is 27.2. The maximum atomic E-state index is 11.7. The lowest BCUT2D eigenvalue weighted by atomic mass is 9.90. The lowest BCUT2D eigenvalue weighted by Crippen LogP contribution is -2.59. The highest BCUT2D eigenvalue weighted by atomic mass is 16.5. The van der Waals surface area contributed by atoms with E-state index in [9.17, 15) is 4.79 Å². The molecule has 2 amide bonds. The Bertz CT molecular complexity index is 224. The van der Waals surface area contributed by atoms with Crippen LogP contribution in [0.1, 0.15) is 26.2 Å². The van der Waals surface area contributed by atoms with Crippen LogP contribution in [-0.4, -0.2) is 42.8 Å². The van der Waals surface area contributed by atoms with Crippen LogP contribution in [0.5, 0.6) is 0 Å². The minimum atomic E-state index is 0.0166. The Kier molecular flexibility index (Phi) is 2.63. The van der Waals surface area contributed by atoms with Crippen molar-refractivity contribution in [3.63, 3.8) is 0 Å². The van der Waals surface area contributed by atoms with Gasteiger partial charge in [0.2, 0.25) is 0 Å². The van der Waals surface area contributed by atoms with E-state index < -0.39 is 0 Å². The molecule has 2 aliphatic heterocycles. The van der Waals surface area contributed by atoms with Gasteiger partial charge in [-0.2, -0.15) is 0 Å². The van der Waals surface area contributed by atoms with Crippen molar-refractivity contribution in [2.75, 3.05) is 26.3 Å². The Labute approximate surface area is 84.6 Å². The van der Waals surface area contributed by atoms with Crippen LogP contribution >= 0.6 is 0 Å². The van der Waals surface area contributed by atoms with Crippen LogP contribution in [0, 0.1) is 0 Å². The molecule has 14 heavy (non-hydrogen) atoms. The Morgan fingerprint density at radius 3 is 2.79 bits per heavy atom. The van der Waals surface area contributed by atoms with Crippen molar-refractivity contribution >= 4 is 6.03 Å². The van der Waals surface area contributed by atoms with Gasteiger partial charge in [-0.1, -0.05) is 0 Å². The van der Waals surface area contributed by atoms with Crippen molar-refractivity contribution in [2.45, 2.75) is 31.7 Å².